The molecule has 0 N–H and O–H groups in total. The van der Waals surface area contributed by atoms with Gasteiger partial charge in [0.25, 0.3) is 0 Å². The fourth-order valence-electron chi connectivity index (χ4n) is 1.22. The van der Waals surface area contributed by atoms with Gasteiger partial charge in [-0.05, 0) is 26.2 Å². The lowest BCUT2D eigenvalue weighted by Crippen LogP contribution is -1.90. The quantitative estimate of drug-likeness (QED) is 0.389. The van der Waals surface area contributed by atoms with Crippen molar-refractivity contribution in [2.75, 3.05) is 13.2 Å². The molecule has 78 valence electrons. The van der Waals surface area contributed by atoms with E-state index in [1.54, 1.807) is 0 Å². The maximum atomic E-state index is 5.23. The van der Waals surface area contributed by atoms with E-state index in [0.717, 1.165) is 19.6 Å². The highest BCUT2D eigenvalue weighted by atomic mass is 16.5. The average Bonchev–Trinajstić information content (AvgIpc) is 2.16. The van der Waals surface area contributed by atoms with E-state index < -0.39 is 0 Å². The largest absolute Gasteiger partial charge is 0.381 e. The fraction of sp³-hybridized carbons (Fsp3) is 0.833. The van der Waals surface area contributed by atoms with Crippen LogP contribution in [0.25, 0.3) is 0 Å². The van der Waals surface area contributed by atoms with Crippen LogP contribution >= 0.6 is 0 Å². The van der Waals surface area contributed by atoms with Crippen LogP contribution in [0.15, 0.2) is 12.2 Å². The zero-order chi connectivity index (χ0) is 9.78. The van der Waals surface area contributed by atoms with Crippen molar-refractivity contribution in [1.29, 1.82) is 0 Å². The van der Waals surface area contributed by atoms with Gasteiger partial charge < -0.3 is 4.74 Å². The van der Waals surface area contributed by atoms with Gasteiger partial charge >= 0.3 is 0 Å². The number of rotatable bonds is 9. The zero-order valence-electron chi connectivity index (χ0n) is 9.22. The van der Waals surface area contributed by atoms with Crippen molar-refractivity contribution in [2.24, 2.45) is 0 Å². The van der Waals surface area contributed by atoms with Crippen LogP contribution in [0, 0.1) is 0 Å². The van der Waals surface area contributed by atoms with Gasteiger partial charge in [-0.15, -0.1) is 0 Å². The van der Waals surface area contributed by atoms with E-state index in [1.165, 1.54) is 32.1 Å². The first kappa shape index (κ1) is 12.7. The highest BCUT2D eigenvalue weighted by Gasteiger charge is 1.84. The van der Waals surface area contributed by atoms with Crippen molar-refractivity contribution in [3.8, 4) is 0 Å². The SMILES string of the molecule is CCCCCC/C=C/CCOCC. The Morgan fingerprint density at radius 1 is 0.923 bits per heavy atom. The standard InChI is InChI=1S/C12H24O/c1-3-5-6-7-8-9-10-11-12-13-4-2/h9-10H,3-8,11-12H2,1-2H3/b10-9+. The van der Waals surface area contributed by atoms with Crippen molar-refractivity contribution in [3.05, 3.63) is 12.2 Å². The fourth-order valence-corrected chi connectivity index (χ4v) is 1.22. The number of ether oxygens (including phenoxy) is 1. The Morgan fingerprint density at radius 3 is 2.38 bits per heavy atom. The second-order valence-corrected chi connectivity index (χ2v) is 3.31. The third-order valence-corrected chi connectivity index (χ3v) is 2.02. The first-order valence-corrected chi connectivity index (χ1v) is 5.64. The minimum Gasteiger partial charge on any atom is -0.381 e. The third kappa shape index (κ3) is 11.7. The van der Waals surface area contributed by atoms with Crippen molar-refractivity contribution in [2.45, 2.75) is 52.4 Å². The molecule has 0 aromatic rings. The van der Waals surface area contributed by atoms with Crippen LogP contribution in [0.5, 0.6) is 0 Å². The lowest BCUT2D eigenvalue weighted by Gasteiger charge is -1.96. The van der Waals surface area contributed by atoms with E-state index in [-0.39, 0.29) is 0 Å². The predicted octanol–water partition coefficient (Wildman–Crippen LogP) is 3.94. The molecular weight excluding hydrogens is 160 g/mol. The van der Waals surface area contributed by atoms with Crippen LogP contribution in [0.3, 0.4) is 0 Å². The summed E-state index contributed by atoms with van der Waals surface area (Å²) in [5, 5.41) is 0. The Hall–Kier alpha value is -0.300. The third-order valence-electron chi connectivity index (χ3n) is 2.02. The van der Waals surface area contributed by atoms with E-state index >= 15 is 0 Å². The molecule has 13 heavy (non-hydrogen) atoms. The number of unbranched alkanes of at least 4 members (excludes halogenated alkanes) is 4. The summed E-state index contributed by atoms with van der Waals surface area (Å²) in [6.07, 6.45) is 12.3. The van der Waals surface area contributed by atoms with Crippen molar-refractivity contribution in [3.63, 3.8) is 0 Å². The van der Waals surface area contributed by atoms with Crippen LogP contribution in [0.2, 0.25) is 0 Å². The minimum absolute atomic E-state index is 0.838. The van der Waals surface area contributed by atoms with E-state index in [1.807, 2.05) is 6.92 Å². The second kappa shape index (κ2) is 11.7. The van der Waals surface area contributed by atoms with E-state index in [4.69, 9.17) is 4.74 Å². The summed E-state index contributed by atoms with van der Waals surface area (Å²) >= 11 is 0. The summed E-state index contributed by atoms with van der Waals surface area (Å²) in [5.41, 5.74) is 0. The summed E-state index contributed by atoms with van der Waals surface area (Å²) in [6, 6.07) is 0. The Bertz CT molecular complexity index is 108. The van der Waals surface area contributed by atoms with Gasteiger partial charge in [-0.3, -0.25) is 0 Å². The van der Waals surface area contributed by atoms with E-state index in [2.05, 4.69) is 19.1 Å². The van der Waals surface area contributed by atoms with Crippen LogP contribution in [-0.2, 0) is 4.74 Å². The van der Waals surface area contributed by atoms with Gasteiger partial charge in [0.05, 0.1) is 0 Å². The first-order chi connectivity index (χ1) is 6.41. The monoisotopic (exact) mass is 184 g/mol. The predicted molar refractivity (Wildman–Crippen MR) is 59.0 cm³/mol. The van der Waals surface area contributed by atoms with Crippen LogP contribution in [-0.4, -0.2) is 13.2 Å². The average molecular weight is 184 g/mol. The molecule has 0 saturated carbocycles. The van der Waals surface area contributed by atoms with Crippen LogP contribution < -0.4 is 0 Å². The maximum Gasteiger partial charge on any atom is 0.0500 e. The molecule has 0 saturated heterocycles. The van der Waals surface area contributed by atoms with Gasteiger partial charge in [0.15, 0.2) is 0 Å². The van der Waals surface area contributed by atoms with Gasteiger partial charge in [-0.25, -0.2) is 0 Å². The van der Waals surface area contributed by atoms with Gasteiger partial charge in [0, 0.05) is 13.2 Å². The number of hydrogen-bond acceptors (Lipinski definition) is 1. The van der Waals surface area contributed by atoms with Crippen molar-refractivity contribution >= 4 is 0 Å². The lowest BCUT2D eigenvalue weighted by molar-refractivity contribution is 0.152. The van der Waals surface area contributed by atoms with Gasteiger partial charge in [-0.1, -0.05) is 38.3 Å². The molecule has 0 radical (unpaired) electrons. The van der Waals surface area contributed by atoms with Crippen molar-refractivity contribution in [1.82, 2.24) is 0 Å². The maximum absolute atomic E-state index is 5.23. The minimum atomic E-state index is 0.838. The van der Waals surface area contributed by atoms with Gasteiger partial charge in [0.2, 0.25) is 0 Å². The Labute approximate surface area is 83.2 Å². The Kier molecular flexibility index (Phi) is 11.4. The molecule has 0 rings (SSSR count). The zero-order valence-corrected chi connectivity index (χ0v) is 9.22. The molecule has 0 aromatic heterocycles. The normalized spacial score (nSPS) is 11.2. The Morgan fingerprint density at radius 2 is 1.69 bits per heavy atom. The highest BCUT2D eigenvalue weighted by Crippen LogP contribution is 2.03. The molecule has 0 fully saturated rings. The van der Waals surface area contributed by atoms with Crippen LogP contribution in [0.4, 0.5) is 0 Å². The molecule has 0 aromatic carbocycles. The second-order valence-electron chi connectivity index (χ2n) is 3.31. The molecule has 0 aliphatic rings. The topological polar surface area (TPSA) is 9.23 Å². The summed E-state index contributed by atoms with van der Waals surface area (Å²) in [5.74, 6) is 0. The van der Waals surface area contributed by atoms with Gasteiger partial charge in [0.1, 0.15) is 0 Å². The van der Waals surface area contributed by atoms with E-state index in [0.29, 0.717) is 0 Å². The van der Waals surface area contributed by atoms with Crippen LogP contribution in [0.1, 0.15) is 52.4 Å². The number of hydrogen-bond donors (Lipinski definition) is 0. The smallest absolute Gasteiger partial charge is 0.0500 e. The summed E-state index contributed by atoms with van der Waals surface area (Å²) < 4.78 is 5.23. The molecule has 0 spiro atoms. The molecule has 0 amide bonds. The summed E-state index contributed by atoms with van der Waals surface area (Å²) in [6.45, 7) is 6.00. The molecule has 0 bridgehead atoms. The molecule has 0 unspecified atom stereocenters. The summed E-state index contributed by atoms with van der Waals surface area (Å²) in [4.78, 5) is 0. The molecular formula is C12H24O. The van der Waals surface area contributed by atoms with E-state index in [9.17, 15) is 0 Å². The lowest BCUT2D eigenvalue weighted by atomic mass is 10.1. The van der Waals surface area contributed by atoms with Gasteiger partial charge in [-0.2, -0.15) is 0 Å². The van der Waals surface area contributed by atoms with Crippen molar-refractivity contribution < 1.29 is 4.74 Å². The highest BCUT2D eigenvalue weighted by molar-refractivity contribution is 4.81. The Balaban J connectivity index is 2.95. The molecule has 0 aliphatic heterocycles. The molecule has 0 aliphatic carbocycles. The first-order valence-electron chi connectivity index (χ1n) is 5.64. The number of allylic oxidation sites excluding steroid dienone is 1. The molecule has 0 atom stereocenters. The molecule has 1 nitrogen and oxygen atoms in total. The summed E-state index contributed by atoms with van der Waals surface area (Å²) in [7, 11) is 0. The molecule has 0 heterocycles. The molecule has 1 heteroatoms.